The standard InChI is InChI=1S/C22H28ClN3O4S/c1-4-26(5-2)31(28,29)21-15-17(9-10-20(21)30-3)22(27)25-13-11-24(12-14-25)19-8-6-7-18(23)16-19/h6-10,15-16H,4-5,11-14H2,1-3H3. The molecular weight excluding hydrogens is 438 g/mol. The van der Waals surface area contributed by atoms with Crippen molar-refractivity contribution in [1.29, 1.82) is 0 Å². The maximum Gasteiger partial charge on any atom is 0.254 e. The van der Waals surface area contributed by atoms with Crippen molar-refractivity contribution in [3.63, 3.8) is 0 Å². The molecular formula is C22H28ClN3O4S. The summed E-state index contributed by atoms with van der Waals surface area (Å²) in [6.07, 6.45) is 0. The second-order valence-electron chi connectivity index (χ2n) is 7.21. The molecule has 3 rings (SSSR count). The molecule has 0 bridgehead atoms. The van der Waals surface area contributed by atoms with E-state index in [0.29, 0.717) is 49.9 Å². The lowest BCUT2D eigenvalue weighted by atomic mass is 10.1. The summed E-state index contributed by atoms with van der Waals surface area (Å²) < 4.78 is 32.7. The lowest BCUT2D eigenvalue weighted by molar-refractivity contribution is 0.0746. The molecule has 7 nitrogen and oxygen atoms in total. The number of nitrogens with zero attached hydrogens (tertiary/aromatic N) is 3. The molecule has 0 aliphatic carbocycles. The van der Waals surface area contributed by atoms with Gasteiger partial charge in [0.2, 0.25) is 10.0 Å². The Kier molecular flexibility index (Phi) is 7.46. The van der Waals surface area contributed by atoms with Gasteiger partial charge in [0.25, 0.3) is 5.91 Å². The molecule has 0 saturated carbocycles. The third kappa shape index (κ3) is 4.97. The van der Waals surface area contributed by atoms with Gasteiger partial charge >= 0.3 is 0 Å². The normalized spacial score (nSPS) is 14.7. The summed E-state index contributed by atoms with van der Waals surface area (Å²) in [7, 11) is -2.34. The molecule has 2 aromatic rings. The van der Waals surface area contributed by atoms with E-state index in [4.69, 9.17) is 16.3 Å². The van der Waals surface area contributed by atoms with Crippen LogP contribution in [0.15, 0.2) is 47.4 Å². The van der Waals surface area contributed by atoms with Crippen LogP contribution in [-0.4, -0.2) is 69.9 Å². The molecule has 31 heavy (non-hydrogen) atoms. The second-order valence-corrected chi connectivity index (χ2v) is 9.56. The summed E-state index contributed by atoms with van der Waals surface area (Å²) in [6.45, 7) is 6.66. The Labute approximate surface area is 189 Å². The molecule has 1 aliphatic heterocycles. The van der Waals surface area contributed by atoms with E-state index in [1.807, 2.05) is 24.3 Å². The molecule has 0 N–H and O–H groups in total. The van der Waals surface area contributed by atoms with E-state index in [0.717, 1.165) is 5.69 Å². The molecule has 0 aromatic heterocycles. The van der Waals surface area contributed by atoms with E-state index in [2.05, 4.69) is 4.90 Å². The monoisotopic (exact) mass is 465 g/mol. The quantitative estimate of drug-likeness (QED) is 0.627. The Balaban J connectivity index is 1.80. The van der Waals surface area contributed by atoms with E-state index in [-0.39, 0.29) is 16.6 Å². The molecule has 1 heterocycles. The Morgan fingerprint density at radius 1 is 1.06 bits per heavy atom. The summed E-state index contributed by atoms with van der Waals surface area (Å²) >= 11 is 6.09. The summed E-state index contributed by atoms with van der Waals surface area (Å²) in [5, 5.41) is 0.677. The van der Waals surface area contributed by atoms with Crippen LogP contribution in [0.3, 0.4) is 0 Å². The van der Waals surface area contributed by atoms with Crippen molar-refractivity contribution in [3.8, 4) is 5.75 Å². The molecule has 0 spiro atoms. The van der Waals surface area contributed by atoms with Crippen LogP contribution < -0.4 is 9.64 Å². The molecule has 0 unspecified atom stereocenters. The molecule has 2 aromatic carbocycles. The number of halogens is 1. The van der Waals surface area contributed by atoms with Gasteiger partial charge in [-0.05, 0) is 36.4 Å². The van der Waals surface area contributed by atoms with Crippen LogP contribution in [0, 0.1) is 0 Å². The Bertz CT molecular complexity index is 1030. The van der Waals surface area contributed by atoms with Gasteiger partial charge in [-0.3, -0.25) is 4.79 Å². The van der Waals surface area contributed by atoms with Crippen LogP contribution in [0.5, 0.6) is 5.75 Å². The van der Waals surface area contributed by atoms with Crippen molar-refractivity contribution in [2.24, 2.45) is 0 Å². The van der Waals surface area contributed by atoms with Crippen LogP contribution >= 0.6 is 11.6 Å². The SMILES string of the molecule is CCN(CC)S(=O)(=O)c1cc(C(=O)N2CCN(c3cccc(Cl)c3)CC2)ccc1OC. The number of methoxy groups -OCH3 is 1. The van der Waals surface area contributed by atoms with Gasteiger partial charge in [0.1, 0.15) is 10.6 Å². The smallest absolute Gasteiger partial charge is 0.254 e. The van der Waals surface area contributed by atoms with E-state index >= 15 is 0 Å². The maximum absolute atomic E-state index is 13.1. The molecule has 1 fully saturated rings. The van der Waals surface area contributed by atoms with Gasteiger partial charge in [-0.15, -0.1) is 0 Å². The van der Waals surface area contributed by atoms with Gasteiger partial charge in [0.05, 0.1) is 7.11 Å². The number of rotatable bonds is 7. The highest BCUT2D eigenvalue weighted by molar-refractivity contribution is 7.89. The van der Waals surface area contributed by atoms with Gasteiger partial charge in [-0.1, -0.05) is 31.5 Å². The van der Waals surface area contributed by atoms with Crippen LogP contribution in [0.4, 0.5) is 5.69 Å². The minimum Gasteiger partial charge on any atom is -0.495 e. The number of anilines is 1. The third-order valence-electron chi connectivity index (χ3n) is 5.47. The summed E-state index contributed by atoms with van der Waals surface area (Å²) in [5.74, 6) is 0.0404. The fourth-order valence-corrected chi connectivity index (χ4v) is 5.56. The van der Waals surface area contributed by atoms with Crippen LogP contribution in [-0.2, 0) is 10.0 Å². The minimum atomic E-state index is -3.76. The lowest BCUT2D eigenvalue weighted by Crippen LogP contribution is -2.48. The van der Waals surface area contributed by atoms with Crippen molar-refractivity contribution < 1.29 is 17.9 Å². The highest BCUT2D eigenvalue weighted by atomic mass is 35.5. The zero-order chi connectivity index (χ0) is 22.6. The summed E-state index contributed by atoms with van der Waals surface area (Å²) in [5.41, 5.74) is 1.36. The van der Waals surface area contributed by atoms with E-state index in [1.165, 1.54) is 17.5 Å². The third-order valence-corrected chi connectivity index (χ3v) is 7.78. The predicted molar refractivity (Wildman–Crippen MR) is 123 cm³/mol. The number of piperazine rings is 1. The van der Waals surface area contributed by atoms with E-state index in [9.17, 15) is 13.2 Å². The maximum atomic E-state index is 13.1. The molecule has 1 amide bonds. The number of hydrogen-bond donors (Lipinski definition) is 0. The van der Waals surface area contributed by atoms with Crippen LogP contribution in [0.1, 0.15) is 24.2 Å². The van der Waals surface area contributed by atoms with E-state index < -0.39 is 10.0 Å². The van der Waals surface area contributed by atoms with Gasteiger partial charge in [0.15, 0.2) is 0 Å². The number of carbonyl (C=O) groups is 1. The van der Waals surface area contributed by atoms with Crippen LogP contribution in [0.2, 0.25) is 5.02 Å². The number of hydrogen-bond acceptors (Lipinski definition) is 5. The van der Waals surface area contributed by atoms with E-state index in [1.54, 1.807) is 30.9 Å². The summed E-state index contributed by atoms with van der Waals surface area (Å²) in [6, 6.07) is 12.2. The molecule has 1 aliphatic rings. The van der Waals surface area contributed by atoms with Crippen molar-refractivity contribution in [2.75, 3.05) is 51.3 Å². The highest BCUT2D eigenvalue weighted by Gasteiger charge is 2.28. The number of benzene rings is 2. The fourth-order valence-electron chi connectivity index (χ4n) is 3.74. The summed E-state index contributed by atoms with van der Waals surface area (Å²) in [4.78, 5) is 17.1. The molecule has 0 radical (unpaired) electrons. The topological polar surface area (TPSA) is 70.2 Å². The van der Waals surface area contributed by atoms with Crippen LogP contribution in [0.25, 0.3) is 0 Å². The molecule has 168 valence electrons. The molecule has 1 saturated heterocycles. The number of sulfonamides is 1. The number of amides is 1. The first-order valence-corrected chi connectivity index (χ1v) is 12.1. The second kappa shape index (κ2) is 9.89. The first kappa shape index (κ1) is 23.4. The van der Waals surface area contributed by atoms with Crippen molar-refractivity contribution in [3.05, 3.63) is 53.1 Å². The first-order valence-electron chi connectivity index (χ1n) is 10.3. The van der Waals surface area contributed by atoms with Crippen molar-refractivity contribution in [1.82, 2.24) is 9.21 Å². The highest BCUT2D eigenvalue weighted by Crippen LogP contribution is 2.29. The average Bonchev–Trinajstić information content (AvgIpc) is 2.79. The Hall–Kier alpha value is -2.29. The van der Waals surface area contributed by atoms with Gasteiger partial charge in [0, 0.05) is 55.5 Å². The minimum absolute atomic E-state index is 0.0158. The number of ether oxygens (including phenoxy) is 1. The number of carbonyl (C=O) groups excluding carboxylic acids is 1. The average molecular weight is 466 g/mol. The zero-order valence-corrected chi connectivity index (χ0v) is 19.6. The fraction of sp³-hybridized carbons (Fsp3) is 0.409. The zero-order valence-electron chi connectivity index (χ0n) is 18.0. The Morgan fingerprint density at radius 2 is 1.74 bits per heavy atom. The molecule has 0 atom stereocenters. The largest absolute Gasteiger partial charge is 0.495 e. The van der Waals surface area contributed by atoms with Crippen molar-refractivity contribution in [2.45, 2.75) is 18.7 Å². The van der Waals surface area contributed by atoms with Gasteiger partial charge in [-0.2, -0.15) is 4.31 Å². The predicted octanol–water partition coefficient (Wildman–Crippen LogP) is 3.34. The Morgan fingerprint density at radius 3 is 2.32 bits per heavy atom. The first-order chi connectivity index (χ1) is 14.8. The van der Waals surface area contributed by atoms with Crippen molar-refractivity contribution >= 4 is 33.2 Å². The molecule has 9 heteroatoms. The van der Waals surface area contributed by atoms with Gasteiger partial charge in [-0.25, -0.2) is 8.42 Å². The van der Waals surface area contributed by atoms with Gasteiger partial charge < -0.3 is 14.5 Å². The lowest BCUT2D eigenvalue weighted by Gasteiger charge is -2.36.